The maximum absolute atomic E-state index is 14.9. The topological polar surface area (TPSA) is 79.8 Å². The molecule has 0 spiro atoms. The molecule has 4 aromatic rings. The molecule has 0 bridgehead atoms. The Labute approximate surface area is 255 Å². The average Bonchev–Trinajstić information content (AvgIpc) is 3.32. The van der Waals surface area contributed by atoms with Crippen LogP contribution in [0.3, 0.4) is 0 Å². The number of carbonyl (C=O) groups is 1. The van der Waals surface area contributed by atoms with E-state index in [2.05, 4.69) is 34.0 Å². The Hall–Kier alpha value is -4.73. The second kappa shape index (κ2) is 12.1. The highest BCUT2D eigenvalue weighted by Gasteiger charge is 2.34. The molecule has 4 heterocycles. The van der Waals surface area contributed by atoms with Crippen molar-refractivity contribution in [3.63, 3.8) is 0 Å². The van der Waals surface area contributed by atoms with Gasteiger partial charge in [0.25, 0.3) is 5.91 Å². The van der Waals surface area contributed by atoms with Gasteiger partial charge in [-0.25, -0.2) is 18.7 Å². The summed E-state index contributed by atoms with van der Waals surface area (Å²) < 4.78 is 40.6. The van der Waals surface area contributed by atoms with Crippen LogP contribution in [0.4, 0.5) is 26.0 Å². The number of methoxy groups -OCH3 is 2. The fraction of sp³-hybridized carbons (Fsp3) is 0.324. The predicted octanol–water partition coefficient (Wildman–Crippen LogP) is 7.11. The number of piperidine rings is 1. The van der Waals surface area contributed by atoms with E-state index in [1.54, 1.807) is 31.3 Å². The zero-order valence-electron chi connectivity index (χ0n) is 25.2. The number of halogens is 2. The summed E-state index contributed by atoms with van der Waals surface area (Å²) in [7, 11) is 3.13. The maximum atomic E-state index is 14.9. The molecule has 8 nitrogen and oxygen atoms in total. The van der Waals surface area contributed by atoms with Gasteiger partial charge in [-0.1, -0.05) is 6.07 Å². The fourth-order valence-corrected chi connectivity index (χ4v) is 6.33. The van der Waals surface area contributed by atoms with Crippen molar-refractivity contribution in [2.24, 2.45) is 0 Å². The van der Waals surface area contributed by atoms with Crippen molar-refractivity contribution in [3.05, 3.63) is 89.2 Å². The van der Waals surface area contributed by atoms with Crippen molar-refractivity contribution in [1.29, 1.82) is 0 Å². The van der Waals surface area contributed by atoms with Crippen LogP contribution in [0.2, 0.25) is 0 Å². The lowest BCUT2D eigenvalue weighted by Crippen LogP contribution is -2.43. The molecule has 1 amide bonds. The molecule has 2 atom stereocenters. The molecule has 10 heteroatoms. The van der Waals surface area contributed by atoms with Crippen LogP contribution in [-0.2, 0) is 13.1 Å². The molecule has 2 aliphatic rings. The Balaban J connectivity index is 1.36. The number of nitrogens with one attached hydrogen (secondary N) is 1. The Bertz CT molecular complexity index is 1670. The molecule has 228 valence electrons. The largest absolute Gasteiger partial charge is 0.497 e. The fourth-order valence-electron chi connectivity index (χ4n) is 6.33. The number of anilines is 3. The molecule has 1 saturated heterocycles. The number of aromatic nitrogens is 2. The van der Waals surface area contributed by atoms with Gasteiger partial charge in [0.1, 0.15) is 29.0 Å². The van der Waals surface area contributed by atoms with Crippen molar-refractivity contribution in [3.8, 4) is 22.8 Å². The molecule has 0 aliphatic carbocycles. The highest BCUT2D eigenvalue weighted by atomic mass is 19.1. The molecule has 1 N–H and O–H groups in total. The molecule has 1 fully saturated rings. The summed E-state index contributed by atoms with van der Waals surface area (Å²) in [6, 6.07) is 15.3. The van der Waals surface area contributed by atoms with Crippen molar-refractivity contribution in [2.75, 3.05) is 24.4 Å². The molecule has 6 rings (SSSR count). The molecular formula is C34H35F2N5O3. The number of ether oxygens (including phenoxy) is 2. The van der Waals surface area contributed by atoms with Gasteiger partial charge in [0.05, 0.1) is 67.4 Å². The summed E-state index contributed by atoms with van der Waals surface area (Å²) in [5.74, 6) is -0.0210. The number of benzene rings is 2. The van der Waals surface area contributed by atoms with Crippen LogP contribution >= 0.6 is 0 Å². The summed E-state index contributed by atoms with van der Waals surface area (Å²) >= 11 is 0. The summed E-state index contributed by atoms with van der Waals surface area (Å²) in [6.07, 6.45) is 5.29. The third kappa shape index (κ3) is 5.52. The van der Waals surface area contributed by atoms with Crippen LogP contribution in [0.25, 0.3) is 11.3 Å². The van der Waals surface area contributed by atoms with Crippen molar-refractivity contribution < 1.29 is 23.0 Å². The molecular weight excluding hydrogens is 564 g/mol. The second-order valence-electron chi connectivity index (χ2n) is 11.4. The van der Waals surface area contributed by atoms with Crippen molar-refractivity contribution >= 4 is 23.1 Å². The summed E-state index contributed by atoms with van der Waals surface area (Å²) in [6.45, 7) is 4.85. The first kappa shape index (κ1) is 29.3. The van der Waals surface area contributed by atoms with Gasteiger partial charge >= 0.3 is 0 Å². The Kier molecular flexibility index (Phi) is 8.07. The van der Waals surface area contributed by atoms with E-state index in [-0.39, 0.29) is 30.3 Å². The van der Waals surface area contributed by atoms with E-state index in [1.807, 2.05) is 24.4 Å². The molecule has 2 aliphatic heterocycles. The lowest BCUT2D eigenvalue weighted by molar-refractivity contribution is 0.0766. The zero-order valence-corrected chi connectivity index (χ0v) is 25.2. The van der Waals surface area contributed by atoms with E-state index in [9.17, 15) is 13.6 Å². The predicted molar refractivity (Wildman–Crippen MR) is 165 cm³/mol. The molecule has 2 aromatic heterocycles. The van der Waals surface area contributed by atoms with Gasteiger partial charge in [0.15, 0.2) is 0 Å². The van der Waals surface area contributed by atoms with E-state index >= 15 is 0 Å². The number of carbonyl (C=O) groups excluding carboxylic acids is 1. The molecule has 0 radical (unpaired) electrons. The summed E-state index contributed by atoms with van der Waals surface area (Å²) in [4.78, 5) is 27.1. The minimum absolute atomic E-state index is 0.0890. The number of rotatable bonds is 8. The van der Waals surface area contributed by atoms with Gasteiger partial charge < -0.3 is 24.6 Å². The standard InChI is InChI=1S/C34H35F2N5O3/c1-20-7-5-8-21(2)41(20)23-12-14-31(37-17-23)39-28-16-27(32-25(35)9-6-10-26(32)36)38-29-19-40(34(42)33(28)29)18-22-11-13-24(43-3)15-30(22)44-4/h6,9-17,20-21H,5,7-8,18-19H2,1-4H3,(H,37,38,39)/t20-,21+. The summed E-state index contributed by atoms with van der Waals surface area (Å²) in [5.41, 5.74) is 2.77. The maximum Gasteiger partial charge on any atom is 0.258 e. The number of amides is 1. The lowest BCUT2D eigenvalue weighted by Gasteiger charge is -2.40. The first-order valence-electron chi connectivity index (χ1n) is 14.8. The Morgan fingerprint density at radius 2 is 1.70 bits per heavy atom. The van der Waals surface area contributed by atoms with Crippen LogP contribution in [0, 0.1) is 11.6 Å². The van der Waals surface area contributed by atoms with Crippen LogP contribution in [0.15, 0.2) is 60.8 Å². The van der Waals surface area contributed by atoms with Crippen LogP contribution in [0.5, 0.6) is 11.5 Å². The summed E-state index contributed by atoms with van der Waals surface area (Å²) in [5, 5.41) is 3.26. The van der Waals surface area contributed by atoms with Gasteiger partial charge in [-0.15, -0.1) is 0 Å². The normalized spacial score (nSPS) is 17.9. The van der Waals surface area contributed by atoms with Gasteiger partial charge in [-0.05, 0) is 75.6 Å². The highest BCUT2D eigenvalue weighted by Crippen LogP contribution is 2.37. The lowest BCUT2D eigenvalue weighted by atomic mass is 9.97. The third-order valence-corrected chi connectivity index (χ3v) is 8.51. The average molecular weight is 600 g/mol. The number of hydrogen-bond donors (Lipinski definition) is 1. The number of fused-ring (bicyclic) bond motifs is 1. The van der Waals surface area contributed by atoms with Crippen molar-refractivity contribution in [1.82, 2.24) is 14.9 Å². The first-order chi connectivity index (χ1) is 21.3. The van der Waals surface area contributed by atoms with Crippen molar-refractivity contribution in [2.45, 2.75) is 58.3 Å². The molecule has 44 heavy (non-hydrogen) atoms. The van der Waals surface area contributed by atoms with Gasteiger partial charge in [0, 0.05) is 23.7 Å². The quantitative estimate of drug-likeness (QED) is 0.231. The SMILES string of the molecule is COc1ccc(CN2Cc3nc(-c4c(F)cccc4F)cc(Nc4ccc(N5[C@H](C)CCC[C@@H]5C)cn4)c3C2=O)c(OC)c1. The number of hydrogen-bond acceptors (Lipinski definition) is 7. The van der Waals surface area contributed by atoms with Gasteiger partial charge in [-0.2, -0.15) is 0 Å². The van der Waals surface area contributed by atoms with E-state index in [0.29, 0.717) is 46.3 Å². The van der Waals surface area contributed by atoms with Gasteiger partial charge in [-0.3, -0.25) is 4.79 Å². The monoisotopic (exact) mass is 599 g/mol. The zero-order chi connectivity index (χ0) is 31.0. The van der Waals surface area contributed by atoms with Gasteiger partial charge in [0.2, 0.25) is 0 Å². The highest BCUT2D eigenvalue weighted by molar-refractivity contribution is 6.04. The van der Waals surface area contributed by atoms with Crippen LogP contribution in [-0.4, -0.2) is 47.1 Å². The third-order valence-electron chi connectivity index (χ3n) is 8.51. The Morgan fingerprint density at radius 1 is 0.955 bits per heavy atom. The molecule has 2 aromatic carbocycles. The van der Waals surface area contributed by atoms with E-state index < -0.39 is 11.6 Å². The van der Waals surface area contributed by atoms with Crippen LogP contribution < -0.4 is 19.7 Å². The minimum atomic E-state index is -0.736. The molecule has 0 saturated carbocycles. The van der Waals surface area contributed by atoms with E-state index in [4.69, 9.17) is 9.47 Å². The van der Waals surface area contributed by atoms with E-state index in [0.717, 1.165) is 24.1 Å². The number of pyridine rings is 2. The molecule has 0 unspecified atom stereocenters. The smallest absolute Gasteiger partial charge is 0.258 e. The second-order valence-corrected chi connectivity index (χ2v) is 11.4. The first-order valence-corrected chi connectivity index (χ1v) is 14.8. The van der Waals surface area contributed by atoms with E-state index in [1.165, 1.54) is 30.7 Å². The minimum Gasteiger partial charge on any atom is -0.497 e. The van der Waals surface area contributed by atoms with Crippen LogP contribution in [0.1, 0.15) is 54.7 Å². The Morgan fingerprint density at radius 3 is 2.36 bits per heavy atom. The number of nitrogens with zero attached hydrogens (tertiary/aromatic N) is 4.